The molecule has 0 unspecified atom stereocenters. The average Bonchev–Trinajstić information content (AvgIpc) is 2.57. The fourth-order valence-corrected chi connectivity index (χ4v) is 2.64. The van der Waals surface area contributed by atoms with Crippen molar-refractivity contribution in [3.05, 3.63) is 64.1 Å². The molecule has 0 fully saturated rings. The fourth-order valence-electron chi connectivity index (χ4n) is 2.20. The highest BCUT2D eigenvalue weighted by atomic mass is 79.9. The summed E-state index contributed by atoms with van der Waals surface area (Å²) in [5.74, 6) is -0.0936. The third-order valence-electron chi connectivity index (χ3n) is 3.27. The molecule has 0 aromatic heterocycles. The van der Waals surface area contributed by atoms with E-state index in [1.807, 2.05) is 38.1 Å². The highest BCUT2D eigenvalue weighted by Gasteiger charge is 2.13. The monoisotopic (exact) mass is 404 g/mol. The Hall–Kier alpha value is -2.34. The summed E-state index contributed by atoms with van der Waals surface area (Å²) in [6.45, 7) is 4.00. The second kappa shape index (κ2) is 9.22. The van der Waals surface area contributed by atoms with E-state index in [0.717, 1.165) is 10.0 Å². The number of halogens is 1. The summed E-state index contributed by atoms with van der Waals surface area (Å²) in [6.07, 6.45) is 0. The van der Waals surface area contributed by atoms with E-state index in [2.05, 4.69) is 26.6 Å². The van der Waals surface area contributed by atoms with Gasteiger partial charge < -0.3 is 15.4 Å². The molecule has 0 atom stereocenters. The van der Waals surface area contributed by atoms with Gasteiger partial charge in [0.15, 0.2) is 0 Å². The normalized spacial score (nSPS) is 10.4. The summed E-state index contributed by atoms with van der Waals surface area (Å²) in [4.78, 5) is 24.0. The van der Waals surface area contributed by atoms with Crippen LogP contribution in [0.2, 0.25) is 0 Å². The number of hydrogen-bond donors (Lipinski definition) is 2. The van der Waals surface area contributed by atoms with Crippen LogP contribution < -0.4 is 15.4 Å². The van der Waals surface area contributed by atoms with Crippen LogP contribution in [0.5, 0.6) is 5.75 Å². The SMILES string of the molecule is CC(C)NC(=O)CNC(=O)c1ccccc1OCc1cccc(Br)c1. The maximum atomic E-state index is 12.3. The molecule has 0 saturated heterocycles. The minimum Gasteiger partial charge on any atom is -0.488 e. The molecule has 2 rings (SSSR count). The second-order valence-electron chi connectivity index (χ2n) is 5.82. The van der Waals surface area contributed by atoms with Gasteiger partial charge in [-0.25, -0.2) is 0 Å². The molecule has 132 valence electrons. The molecule has 0 aliphatic heterocycles. The van der Waals surface area contributed by atoms with E-state index >= 15 is 0 Å². The molecular weight excluding hydrogens is 384 g/mol. The van der Waals surface area contributed by atoms with Crippen molar-refractivity contribution in [2.45, 2.75) is 26.5 Å². The number of ether oxygens (including phenoxy) is 1. The molecule has 0 saturated carbocycles. The molecular formula is C19H21BrN2O3. The molecule has 0 heterocycles. The van der Waals surface area contributed by atoms with Crippen LogP contribution in [0.25, 0.3) is 0 Å². The van der Waals surface area contributed by atoms with E-state index in [1.165, 1.54) is 0 Å². The molecule has 6 heteroatoms. The average molecular weight is 405 g/mol. The Morgan fingerprint density at radius 1 is 1.12 bits per heavy atom. The van der Waals surface area contributed by atoms with Crippen molar-refractivity contribution in [2.75, 3.05) is 6.54 Å². The van der Waals surface area contributed by atoms with Crippen molar-refractivity contribution in [3.8, 4) is 5.75 Å². The second-order valence-corrected chi connectivity index (χ2v) is 6.74. The molecule has 0 aliphatic carbocycles. The Bertz CT molecular complexity index is 747. The number of amides is 2. The van der Waals surface area contributed by atoms with Crippen LogP contribution in [-0.2, 0) is 11.4 Å². The molecule has 2 aromatic rings. The Kier molecular flexibility index (Phi) is 7.01. The van der Waals surface area contributed by atoms with Gasteiger partial charge in [0.2, 0.25) is 5.91 Å². The Morgan fingerprint density at radius 2 is 1.88 bits per heavy atom. The van der Waals surface area contributed by atoms with Crippen molar-refractivity contribution in [1.29, 1.82) is 0 Å². The molecule has 0 aliphatic rings. The first-order chi connectivity index (χ1) is 12.0. The summed E-state index contributed by atoms with van der Waals surface area (Å²) in [7, 11) is 0. The van der Waals surface area contributed by atoms with Gasteiger partial charge in [0.25, 0.3) is 5.91 Å². The van der Waals surface area contributed by atoms with Crippen LogP contribution in [0.4, 0.5) is 0 Å². The van der Waals surface area contributed by atoms with E-state index in [9.17, 15) is 9.59 Å². The Labute approximate surface area is 155 Å². The topological polar surface area (TPSA) is 67.4 Å². The third-order valence-corrected chi connectivity index (χ3v) is 3.77. The molecule has 0 radical (unpaired) electrons. The van der Waals surface area contributed by atoms with Crippen LogP contribution in [-0.4, -0.2) is 24.4 Å². The summed E-state index contributed by atoms with van der Waals surface area (Å²) >= 11 is 3.42. The number of hydrogen-bond acceptors (Lipinski definition) is 3. The van der Waals surface area contributed by atoms with Crippen LogP contribution in [0.1, 0.15) is 29.8 Å². The first-order valence-electron chi connectivity index (χ1n) is 7.99. The van der Waals surface area contributed by atoms with Gasteiger partial charge in [0.1, 0.15) is 12.4 Å². The molecule has 2 amide bonds. The lowest BCUT2D eigenvalue weighted by Crippen LogP contribution is -2.39. The lowest BCUT2D eigenvalue weighted by Gasteiger charge is -2.13. The zero-order valence-corrected chi connectivity index (χ0v) is 15.8. The molecule has 25 heavy (non-hydrogen) atoms. The van der Waals surface area contributed by atoms with E-state index in [4.69, 9.17) is 4.74 Å². The standard InChI is InChI=1S/C19H21BrN2O3/c1-13(2)22-18(23)11-21-19(24)16-8-3-4-9-17(16)25-12-14-6-5-7-15(20)10-14/h3-10,13H,11-12H2,1-2H3,(H,21,24)(H,22,23). The van der Waals surface area contributed by atoms with Gasteiger partial charge in [-0.05, 0) is 43.7 Å². The minimum absolute atomic E-state index is 0.0326. The number of carbonyl (C=O) groups is 2. The van der Waals surface area contributed by atoms with Crippen LogP contribution >= 0.6 is 15.9 Å². The molecule has 2 N–H and O–H groups in total. The fraction of sp³-hybridized carbons (Fsp3) is 0.263. The first-order valence-corrected chi connectivity index (χ1v) is 8.79. The quantitative estimate of drug-likeness (QED) is 0.743. The van der Waals surface area contributed by atoms with Gasteiger partial charge in [-0.15, -0.1) is 0 Å². The summed E-state index contributed by atoms with van der Waals surface area (Å²) < 4.78 is 6.76. The Balaban J connectivity index is 1.99. The summed E-state index contributed by atoms with van der Waals surface area (Å²) in [5, 5.41) is 5.34. The highest BCUT2D eigenvalue weighted by Crippen LogP contribution is 2.20. The van der Waals surface area contributed by atoms with Gasteiger partial charge >= 0.3 is 0 Å². The van der Waals surface area contributed by atoms with Crippen molar-refractivity contribution in [3.63, 3.8) is 0 Å². The minimum atomic E-state index is -0.344. The Morgan fingerprint density at radius 3 is 2.60 bits per heavy atom. The van der Waals surface area contributed by atoms with Crippen LogP contribution in [0.3, 0.4) is 0 Å². The van der Waals surface area contributed by atoms with Crippen LogP contribution in [0.15, 0.2) is 53.0 Å². The maximum Gasteiger partial charge on any atom is 0.255 e. The predicted octanol–water partition coefficient (Wildman–Crippen LogP) is 3.28. The largest absolute Gasteiger partial charge is 0.488 e. The van der Waals surface area contributed by atoms with Crippen molar-refractivity contribution >= 4 is 27.7 Å². The van der Waals surface area contributed by atoms with Gasteiger partial charge in [0, 0.05) is 10.5 Å². The van der Waals surface area contributed by atoms with Gasteiger partial charge in [0.05, 0.1) is 12.1 Å². The number of nitrogens with one attached hydrogen (secondary N) is 2. The lowest BCUT2D eigenvalue weighted by molar-refractivity contribution is -0.120. The van der Waals surface area contributed by atoms with E-state index < -0.39 is 0 Å². The number of benzene rings is 2. The first kappa shape index (κ1) is 19.0. The molecule has 5 nitrogen and oxygen atoms in total. The van der Waals surface area contributed by atoms with Gasteiger partial charge in [-0.1, -0.05) is 40.2 Å². The summed E-state index contributed by atoms with van der Waals surface area (Å²) in [5.41, 5.74) is 1.38. The van der Waals surface area contributed by atoms with E-state index in [-0.39, 0.29) is 24.4 Å². The van der Waals surface area contributed by atoms with E-state index in [1.54, 1.807) is 24.3 Å². The van der Waals surface area contributed by atoms with E-state index in [0.29, 0.717) is 17.9 Å². The molecule has 0 spiro atoms. The molecule has 2 aromatic carbocycles. The zero-order valence-electron chi connectivity index (χ0n) is 14.2. The predicted molar refractivity (Wildman–Crippen MR) is 101 cm³/mol. The number of rotatable bonds is 7. The summed E-state index contributed by atoms with van der Waals surface area (Å²) in [6, 6.07) is 14.8. The lowest BCUT2D eigenvalue weighted by atomic mass is 10.2. The van der Waals surface area contributed by atoms with Crippen molar-refractivity contribution in [2.24, 2.45) is 0 Å². The third kappa shape index (κ3) is 6.23. The highest BCUT2D eigenvalue weighted by molar-refractivity contribution is 9.10. The molecule has 0 bridgehead atoms. The smallest absolute Gasteiger partial charge is 0.255 e. The van der Waals surface area contributed by atoms with Crippen molar-refractivity contribution in [1.82, 2.24) is 10.6 Å². The number of para-hydroxylation sites is 1. The van der Waals surface area contributed by atoms with Gasteiger partial charge in [-0.3, -0.25) is 9.59 Å². The number of carbonyl (C=O) groups excluding carboxylic acids is 2. The zero-order chi connectivity index (χ0) is 18.2. The van der Waals surface area contributed by atoms with Crippen molar-refractivity contribution < 1.29 is 14.3 Å². The van der Waals surface area contributed by atoms with Gasteiger partial charge in [-0.2, -0.15) is 0 Å². The maximum absolute atomic E-state index is 12.3. The van der Waals surface area contributed by atoms with Crippen LogP contribution in [0, 0.1) is 0 Å².